The van der Waals surface area contributed by atoms with Gasteiger partial charge in [-0.3, -0.25) is 4.79 Å². The summed E-state index contributed by atoms with van der Waals surface area (Å²) in [6.45, 7) is 1.95. The molecule has 0 atom stereocenters. The molecule has 0 unspecified atom stereocenters. The molecule has 3 rings (SSSR count). The zero-order valence-corrected chi connectivity index (χ0v) is 17.6. The highest BCUT2D eigenvalue weighted by Gasteiger charge is 2.06. The fourth-order valence-electron chi connectivity index (χ4n) is 2.52. The van der Waals surface area contributed by atoms with Gasteiger partial charge in [-0.25, -0.2) is 5.43 Å². The predicted molar refractivity (Wildman–Crippen MR) is 118 cm³/mol. The SMILES string of the molecule is CCc1ccc(OCC(=O)NN=Cc2cccc(Oc3ccccc3)c2)c(Br)c1. The number of carbonyl (C=O) groups is 1. The molecule has 148 valence electrons. The molecule has 0 saturated heterocycles. The molecule has 5 nitrogen and oxygen atoms in total. The standard InChI is InChI=1S/C23H21BrN2O3/c1-2-17-11-12-22(21(24)14-17)28-16-23(27)26-25-15-18-7-6-10-20(13-18)29-19-8-4-3-5-9-19/h3-15H,2,16H2,1H3,(H,26,27). The highest BCUT2D eigenvalue weighted by Crippen LogP contribution is 2.26. The summed E-state index contributed by atoms with van der Waals surface area (Å²) in [5.74, 6) is 1.72. The van der Waals surface area contributed by atoms with Gasteiger partial charge >= 0.3 is 0 Å². The molecule has 0 heterocycles. The Morgan fingerprint density at radius 1 is 1.03 bits per heavy atom. The number of para-hydroxylation sites is 1. The lowest BCUT2D eigenvalue weighted by Crippen LogP contribution is -2.24. The molecule has 0 aliphatic rings. The van der Waals surface area contributed by atoms with E-state index in [0.717, 1.165) is 22.2 Å². The third-order valence-electron chi connectivity index (χ3n) is 4.00. The van der Waals surface area contributed by atoms with E-state index in [1.54, 1.807) is 6.21 Å². The van der Waals surface area contributed by atoms with Crippen LogP contribution in [0.3, 0.4) is 0 Å². The van der Waals surface area contributed by atoms with Crippen molar-refractivity contribution in [3.63, 3.8) is 0 Å². The van der Waals surface area contributed by atoms with Gasteiger partial charge in [-0.05, 0) is 69.9 Å². The van der Waals surface area contributed by atoms with Crippen molar-refractivity contribution in [2.45, 2.75) is 13.3 Å². The van der Waals surface area contributed by atoms with E-state index in [1.165, 1.54) is 5.56 Å². The lowest BCUT2D eigenvalue weighted by Gasteiger charge is -2.08. The summed E-state index contributed by atoms with van der Waals surface area (Å²) in [5, 5.41) is 3.98. The number of nitrogens with one attached hydrogen (secondary N) is 1. The molecule has 1 N–H and O–H groups in total. The monoisotopic (exact) mass is 452 g/mol. The van der Waals surface area contributed by atoms with Crippen LogP contribution in [0.15, 0.2) is 82.4 Å². The van der Waals surface area contributed by atoms with Gasteiger partial charge in [0, 0.05) is 0 Å². The number of hydrazone groups is 1. The van der Waals surface area contributed by atoms with Crippen LogP contribution in [0.4, 0.5) is 0 Å². The summed E-state index contributed by atoms with van der Waals surface area (Å²) < 4.78 is 12.1. The fourth-order valence-corrected chi connectivity index (χ4v) is 3.06. The fraction of sp³-hybridized carbons (Fsp3) is 0.130. The number of amides is 1. The first-order chi connectivity index (χ1) is 14.1. The number of halogens is 1. The van der Waals surface area contributed by atoms with Gasteiger partial charge < -0.3 is 9.47 Å². The van der Waals surface area contributed by atoms with Crippen molar-refractivity contribution in [1.29, 1.82) is 0 Å². The van der Waals surface area contributed by atoms with E-state index in [2.05, 4.69) is 33.4 Å². The van der Waals surface area contributed by atoms with Crippen molar-refractivity contribution in [2.75, 3.05) is 6.61 Å². The Hall–Kier alpha value is -3.12. The summed E-state index contributed by atoms with van der Waals surface area (Å²) >= 11 is 3.45. The molecule has 29 heavy (non-hydrogen) atoms. The van der Waals surface area contributed by atoms with Gasteiger partial charge in [0.15, 0.2) is 6.61 Å². The molecule has 1 amide bonds. The van der Waals surface area contributed by atoms with Crippen LogP contribution >= 0.6 is 15.9 Å². The number of nitrogens with zero attached hydrogens (tertiary/aromatic N) is 1. The van der Waals surface area contributed by atoms with Gasteiger partial charge in [0.05, 0.1) is 10.7 Å². The molecular weight excluding hydrogens is 432 g/mol. The minimum atomic E-state index is -0.343. The van der Waals surface area contributed by atoms with Crippen molar-refractivity contribution in [3.05, 3.63) is 88.4 Å². The lowest BCUT2D eigenvalue weighted by molar-refractivity contribution is -0.123. The van der Waals surface area contributed by atoms with Crippen molar-refractivity contribution >= 4 is 28.1 Å². The van der Waals surface area contributed by atoms with E-state index in [9.17, 15) is 4.79 Å². The minimum Gasteiger partial charge on any atom is -0.483 e. The van der Waals surface area contributed by atoms with Gasteiger partial charge in [-0.2, -0.15) is 5.10 Å². The Morgan fingerprint density at radius 3 is 2.59 bits per heavy atom. The van der Waals surface area contributed by atoms with Crippen LogP contribution in [0.25, 0.3) is 0 Å². The molecule has 0 radical (unpaired) electrons. The van der Waals surface area contributed by atoms with E-state index in [0.29, 0.717) is 11.5 Å². The molecule has 0 saturated carbocycles. The molecule has 3 aromatic carbocycles. The number of carbonyl (C=O) groups excluding carboxylic acids is 1. The maximum atomic E-state index is 12.0. The van der Waals surface area contributed by atoms with Crippen LogP contribution in [0.2, 0.25) is 0 Å². The summed E-state index contributed by atoms with van der Waals surface area (Å²) in [4.78, 5) is 12.0. The summed E-state index contributed by atoms with van der Waals surface area (Å²) in [5.41, 5.74) is 4.46. The van der Waals surface area contributed by atoms with Gasteiger partial charge in [0.25, 0.3) is 5.91 Å². The van der Waals surface area contributed by atoms with Crippen LogP contribution in [-0.2, 0) is 11.2 Å². The first-order valence-electron chi connectivity index (χ1n) is 9.20. The third-order valence-corrected chi connectivity index (χ3v) is 4.62. The number of aryl methyl sites for hydroxylation is 1. The van der Waals surface area contributed by atoms with Crippen LogP contribution < -0.4 is 14.9 Å². The van der Waals surface area contributed by atoms with Crippen molar-refractivity contribution < 1.29 is 14.3 Å². The first kappa shape index (κ1) is 20.6. The first-order valence-corrected chi connectivity index (χ1v) is 9.99. The van der Waals surface area contributed by atoms with E-state index in [1.807, 2.05) is 72.8 Å². The zero-order valence-electron chi connectivity index (χ0n) is 16.0. The van der Waals surface area contributed by atoms with E-state index < -0.39 is 0 Å². The average molecular weight is 453 g/mol. The molecule has 0 spiro atoms. The molecule has 3 aromatic rings. The molecule has 6 heteroatoms. The molecule has 0 aliphatic carbocycles. The van der Waals surface area contributed by atoms with Crippen molar-refractivity contribution in [3.8, 4) is 17.2 Å². The van der Waals surface area contributed by atoms with Crippen LogP contribution in [0.5, 0.6) is 17.2 Å². The molecule has 0 aromatic heterocycles. The second-order valence-corrected chi connectivity index (χ2v) is 7.04. The Balaban J connectivity index is 1.50. The van der Waals surface area contributed by atoms with Gasteiger partial charge in [-0.1, -0.05) is 43.3 Å². The highest BCUT2D eigenvalue weighted by atomic mass is 79.9. The van der Waals surface area contributed by atoms with E-state index >= 15 is 0 Å². The second kappa shape index (κ2) is 10.4. The van der Waals surface area contributed by atoms with Crippen LogP contribution in [0, 0.1) is 0 Å². The number of hydrogen-bond acceptors (Lipinski definition) is 4. The Bertz CT molecular complexity index is 990. The van der Waals surface area contributed by atoms with Crippen molar-refractivity contribution in [1.82, 2.24) is 5.43 Å². The summed E-state index contributed by atoms with van der Waals surface area (Å²) in [7, 11) is 0. The van der Waals surface area contributed by atoms with E-state index in [4.69, 9.17) is 9.47 Å². The largest absolute Gasteiger partial charge is 0.483 e. The Kier molecular flexibility index (Phi) is 7.41. The highest BCUT2D eigenvalue weighted by molar-refractivity contribution is 9.10. The quantitative estimate of drug-likeness (QED) is 0.370. The maximum absolute atomic E-state index is 12.0. The van der Waals surface area contributed by atoms with Gasteiger partial charge in [0.2, 0.25) is 0 Å². The smallest absolute Gasteiger partial charge is 0.277 e. The summed E-state index contributed by atoms with van der Waals surface area (Å²) in [6.07, 6.45) is 2.49. The number of rotatable bonds is 8. The number of benzene rings is 3. The van der Waals surface area contributed by atoms with Crippen LogP contribution in [0.1, 0.15) is 18.1 Å². The predicted octanol–water partition coefficient (Wildman–Crippen LogP) is 5.33. The molecular formula is C23H21BrN2O3. The molecule has 0 bridgehead atoms. The topological polar surface area (TPSA) is 59.9 Å². The van der Waals surface area contributed by atoms with Gasteiger partial charge in [0.1, 0.15) is 17.2 Å². The molecule has 0 aliphatic heterocycles. The molecule has 0 fully saturated rings. The normalized spacial score (nSPS) is 10.7. The Labute approximate surface area is 178 Å². The number of ether oxygens (including phenoxy) is 2. The summed E-state index contributed by atoms with van der Waals surface area (Å²) in [6, 6.07) is 22.8. The van der Waals surface area contributed by atoms with E-state index in [-0.39, 0.29) is 12.5 Å². The maximum Gasteiger partial charge on any atom is 0.277 e. The minimum absolute atomic E-state index is 0.126. The third kappa shape index (κ3) is 6.47. The lowest BCUT2D eigenvalue weighted by atomic mass is 10.2. The van der Waals surface area contributed by atoms with Crippen LogP contribution in [-0.4, -0.2) is 18.7 Å². The van der Waals surface area contributed by atoms with Crippen molar-refractivity contribution in [2.24, 2.45) is 5.10 Å². The zero-order chi connectivity index (χ0) is 20.5. The Morgan fingerprint density at radius 2 is 1.83 bits per heavy atom. The second-order valence-electron chi connectivity index (χ2n) is 6.19. The number of hydrogen-bond donors (Lipinski definition) is 1. The average Bonchev–Trinajstić information content (AvgIpc) is 2.74. The van der Waals surface area contributed by atoms with Gasteiger partial charge in [-0.15, -0.1) is 0 Å².